The Morgan fingerprint density at radius 3 is 3.00 bits per heavy atom. The van der Waals surface area contributed by atoms with E-state index in [0.717, 1.165) is 18.9 Å². The normalized spacial score (nSPS) is 15.6. The summed E-state index contributed by atoms with van der Waals surface area (Å²) < 4.78 is 0. The average molecular weight is 183 g/mol. The highest BCUT2D eigenvalue weighted by Crippen LogP contribution is 2.04. The molecule has 4 nitrogen and oxygen atoms in total. The molecule has 0 fully saturated rings. The van der Waals surface area contributed by atoms with Gasteiger partial charge in [0.2, 0.25) is 0 Å². The lowest BCUT2D eigenvalue weighted by molar-refractivity contribution is 0.957. The SMILES string of the molecule is Clc1cncc(C2=NCCN2)n1. The van der Waals surface area contributed by atoms with Gasteiger partial charge < -0.3 is 5.32 Å². The summed E-state index contributed by atoms with van der Waals surface area (Å²) in [6.45, 7) is 1.66. The third kappa shape index (κ3) is 1.38. The van der Waals surface area contributed by atoms with Crippen LogP contribution < -0.4 is 5.32 Å². The Labute approximate surface area is 74.7 Å². The van der Waals surface area contributed by atoms with Crippen LogP contribution in [0.5, 0.6) is 0 Å². The van der Waals surface area contributed by atoms with E-state index < -0.39 is 0 Å². The zero-order chi connectivity index (χ0) is 8.39. The molecular weight excluding hydrogens is 176 g/mol. The van der Waals surface area contributed by atoms with Gasteiger partial charge in [-0.05, 0) is 0 Å². The van der Waals surface area contributed by atoms with Gasteiger partial charge in [0.25, 0.3) is 0 Å². The fourth-order valence-electron chi connectivity index (χ4n) is 1.03. The number of nitrogens with one attached hydrogen (secondary N) is 1. The highest BCUT2D eigenvalue weighted by molar-refractivity contribution is 6.29. The summed E-state index contributed by atoms with van der Waals surface area (Å²) in [6, 6.07) is 0. The van der Waals surface area contributed by atoms with Crippen LogP contribution in [0.4, 0.5) is 0 Å². The van der Waals surface area contributed by atoms with Gasteiger partial charge in [0.1, 0.15) is 16.7 Å². The van der Waals surface area contributed by atoms with E-state index in [4.69, 9.17) is 11.6 Å². The molecule has 2 rings (SSSR count). The number of hydrogen-bond acceptors (Lipinski definition) is 4. The van der Waals surface area contributed by atoms with Gasteiger partial charge in [0.05, 0.1) is 18.9 Å². The molecule has 62 valence electrons. The number of nitrogens with zero attached hydrogens (tertiary/aromatic N) is 3. The molecule has 0 bridgehead atoms. The van der Waals surface area contributed by atoms with Crippen LogP contribution in [-0.2, 0) is 0 Å². The molecule has 5 heteroatoms. The van der Waals surface area contributed by atoms with E-state index in [1.54, 1.807) is 6.20 Å². The molecule has 0 atom stereocenters. The second-order valence-electron chi connectivity index (χ2n) is 2.38. The molecule has 1 aromatic heterocycles. The molecule has 1 aliphatic heterocycles. The molecule has 1 N–H and O–H groups in total. The largest absolute Gasteiger partial charge is 0.367 e. The number of hydrogen-bond donors (Lipinski definition) is 1. The summed E-state index contributed by atoms with van der Waals surface area (Å²) in [4.78, 5) is 12.2. The quantitative estimate of drug-likeness (QED) is 0.688. The highest BCUT2D eigenvalue weighted by atomic mass is 35.5. The summed E-state index contributed by atoms with van der Waals surface area (Å²) in [5.74, 6) is 0.782. The standard InChI is InChI=1S/C7H7ClN4/c8-6-4-9-3-5(12-6)7-10-1-2-11-7/h3-4H,1-2H2,(H,10,11). The minimum Gasteiger partial charge on any atom is -0.367 e. The summed E-state index contributed by atoms with van der Waals surface area (Å²) in [6.07, 6.45) is 3.14. The van der Waals surface area contributed by atoms with Crippen molar-refractivity contribution in [3.63, 3.8) is 0 Å². The Hall–Kier alpha value is -1.16. The van der Waals surface area contributed by atoms with Crippen LogP contribution >= 0.6 is 11.6 Å². The summed E-state index contributed by atoms with van der Waals surface area (Å²) in [5.41, 5.74) is 0.708. The van der Waals surface area contributed by atoms with Gasteiger partial charge in [-0.25, -0.2) is 4.98 Å². The molecule has 1 aromatic rings. The van der Waals surface area contributed by atoms with Crippen LogP contribution in [0.15, 0.2) is 17.4 Å². The maximum absolute atomic E-state index is 5.67. The molecule has 0 unspecified atom stereocenters. The Morgan fingerprint density at radius 1 is 1.42 bits per heavy atom. The van der Waals surface area contributed by atoms with Gasteiger partial charge in [0, 0.05) is 6.54 Å². The molecule has 0 spiro atoms. The fraction of sp³-hybridized carbons (Fsp3) is 0.286. The van der Waals surface area contributed by atoms with Crippen molar-refractivity contribution in [1.82, 2.24) is 15.3 Å². The van der Waals surface area contributed by atoms with Gasteiger partial charge in [-0.2, -0.15) is 0 Å². The molecular formula is C7H7ClN4. The number of amidine groups is 1. The lowest BCUT2D eigenvalue weighted by Crippen LogP contribution is -2.20. The molecule has 0 radical (unpaired) electrons. The van der Waals surface area contributed by atoms with E-state index in [1.165, 1.54) is 6.20 Å². The van der Waals surface area contributed by atoms with Crippen LogP contribution in [0.3, 0.4) is 0 Å². The first-order valence-corrected chi connectivity index (χ1v) is 4.00. The van der Waals surface area contributed by atoms with E-state index in [1.807, 2.05) is 0 Å². The third-order valence-electron chi connectivity index (χ3n) is 1.52. The fourth-order valence-corrected chi connectivity index (χ4v) is 1.17. The van der Waals surface area contributed by atoms with Crippen LogP contribution in [0.25, 0.3) is 0 Å². The molecule has 0 aromatic carbocycles. The molecule has 1 aliphatic rings. The van der Waals surface area contributed by atoms with Crippen LogP contribution in [0, 0.1) is 0 Å². The molecule has 0 aliphatic carbocycles. The van der Waals surface area contributed by atoms with E-state index in [2.05, 4.69) is 20.3 Å². The maximum atomic E-state index is 5.67. The van der Waals surface area contributed by atoms with Gasteiger partial charge >= 0.3 is 0 Å². The molecule has 0 saturated heterocycles. The maximum Gasteiger partial charge on any atom is 0.149 e. The van der Waals surface area contributed by atoms with Crippen molar-refractivity contribution in [2.45, 2.75) is 0 Å². The third-order valence-corrected chi connectivity index (χ3v) is 1.70. The first-order valence-electron chi connectivity index (χ1n) is 3.62. The van der Waals surface area contributed by atoms with Crippen LogP contribution in [-0.4, -0.2) is 28.9 Å². The minimum absolute atomic E-state index is 0.393. The van der Waals surface area contributed by atoms with E-state index in [-0.39, 0.29) is 0 Å². The smallest absolute Gasteiger partial charge is 0.149 e. The van der Waals surface area contributed by atoms with Gasteiger partial charge in [-0.15, -0.1) is 0 Å². The number of rotatable bonds is 1. The van der Waals surface area contributed by atoms with Gasteiger partial charge in [-0.1, -0.05) is 11.6 Å². The number of halogens is 1. The van der Waals surface area contributed by atoms with Crippen molar-refractivity contribution in [1.29, 1.82) is 0 Å². The molecule has 0 amide bonds. The monoisotopic (exact) mass is 182 g/mol. The Bertz CT molecular complexity index is 323. The Morgan fingerprint density at radius 2 is 2.33 bits per heavy atom. The predicted octanol–water partition coefficient (Wildman–Crippen LogP) is 0.480. The second-order valence-corrected chi connectivity index (χ2v) is 2.77. The predicted molar refractivity (Wildman–Crippen MR) is 46.4 cm³/mol. The summed E-state index contributed by atoms with van der Waals surface area (Å²) in [7, 11) is 0. The van der Waals surface area contributed by atoms with Crippen molar-refractivity contribution < 1.29 is 0 Å². The van der Waals surface area contributed by atoms with Crippen LogP contribution in [0.1, 0.15) is 5.69 Å². The Balaban J connectivity index is 2.33. The van der Waals surface area contributed by atoms with Crippen molar-refractivity contribution in [2.24, 2.45) is 4.99 Å². The van der Waals surface area contributed by atoms with Crippen molar-refractivity contribution in [3.8, 4) is 0 Å². The Kier molecular flexibility index (Phi) is 1.91. The summed E-state index contributed by atoms with van der Waals surface area (Å²) in [5, 5.41) is 3.48. The number of aromatic nitrogens is 2. The topological polar surface area (TPSA) is 50.2 Å². The van der Waals surface area contributed by atoms with Crippen molar-refractivity contribution in [2.75, 3.05) is 13.1 Å². The minimum atomic E-state index is 0.393. The molecule has 2 heterocycles. The molecule has 12 heavy (non-hydrogen) atoms. The van der Waals surface area contributed by atoms with E-state index >= 15 is 0 Å². The lowest BCUT2D eigenvalue weighted by atomic mass is 10.4. The zero-order valence-corrected chi connectivity index (χ0v) is 7.04. The van der Waals surface area contributed by atoms with E-state index in [9.17, 15) is 0 Å². The first-order chi connectivity index (χ1) is 5.86. The van der Waals surface area contributed by atoms with Crippen LogP contribution in [0.2, 0.25) is 5.15 Å². The molecule has 0 saturated carbocycles. The van der Waals surface area contributed by atoms with E-state index in [0.29, 0.717) is 10.8 Å². The summed E-state index contributed by atoms with van der Waals surface area (Å²) >= 11 is 5.67. The van der Waals surface area contributed by atoms with Gasteiger partial charge in [0.15, 0.2) is 0 Å². The lowest BCUT2D eigenvalue weighted by Gasteiger charge is -1.99. The second kappa shape index (κ2) is 3.06. The first kappa shape index (κ1) is 7.49. The van der Waals surface area contributed by atoms with Crippen molar-refractivity contribution >= 4 is 17.4 Å². The average Bonchev–Trinajstić information content (AvgIpc) is 2.56. The van der Waals surface area contributed by atoms with Crippen molar-refractivity contribution in [3.05, 3.63) is 23.2 Å². The van der Waals surface area contributed by atoms with Gasteiger partial charge in [-0.3, -0.25) is 9.98 Å². The zero-order valence-electron chi connectivity index (χ0n) is 6.29. The number of aliphatic imine (C=N–C) groups is 1. The highest BCUT2D eigenvalue weighted by Gasteiger charge is 2.09.